The number of piperidine rings is 1. The molecule has 2 fully saturated rings. The number of rotatable bonds is 7. The fourth-order valence-electron chi connectivity index (χ4n) is 5.88. The Bertz CT molecular complexity index is 1160. The smallest absolute Gasteiger partial charge is 0.251 e. The highest BCUT2D eigenvalue weighted by molar-refractivity contribution is 5.97. The zero-order chi connectivity index (χ0) is 26.6. The number of nitrogens with zero attached hydrogens (tertiary/aromatic N) is 4. The molecule has 1 aromatic carbocycles. The molecule has 0 bridgehead atoms. The molecule has 3 aliphatic rings. The van der Waals surface area contributed by atoms with Gasteiger partial charge in [-0.1, -0.05) is 12.8 Å². The summed E-state index contributed by atoms with van der Waals surface area (Å²) in [6.07, 6.45) is 8.92. The van der Waals surface area contributed by atoms with Crippen molar-refractivity contribution < 1.29 is 14.3 Å². The van der Waals surface area contributed by atoms with E-state index in [4.69, 9.17) is 9.72 Å². The molecular weight excluding hydrogens is 482 g/mol. The Labute approximate surface area is 224 Å². The van der Waals surface area contributed by atoms with Crippen LogP contribution >= 0.6 is 0 Å². The maximum Gasteiger partial charge on any atom is 0.251 e. The van der Waals surface area contributed by atoms with Gasteiger partial charge in [-0.2, -0.15) is 4.98 Å². The predicted octanol–water partition coefficient (Wildman–Crippen LogP) is 3.46. The summed E-state index contributed by atoms with van der Waals surface area (Å²) in [6, 6.07) is 5.84. The number of anilines is 4. The Morgan fingerprint density at radius 2 is 1.95 bits per heavy atom. The molecule has 2 amide bonds. The number of fused-ring (bicyclic) bond motifs is 1. The number of benzene rings is 1. The van der Waals surface area contributed by atoms with Crippen molar-refractivity contribution in [3.05, 3.63) is 30.0 Å². The molecule has 10 heteroatoms. The van der Waals surface area contributed by atoms with Crippen LogP contribution in [0, 0.1) is 5.92 Å². The van der Waals surface area contributed by atoms with Crippen LogP contribution in [-0.4, -0.2) is 67.7 Å². The highest BCUT2D eigenvalue weighted by atomic mass is 16.5. The number of carbonyl (C=O) groups is 2. The van der Waals surface area contributed by atoms with Crippen LogP contribution in [0.15, 0.2) is 24.4 Å². The fraction of sp³-hybridized carbons (Fsp3) is 0.571. The Morgan fingerprint density at radius 3 is 2.68 bits per heavy atom. The van der Waals surface area contributed by atoms with Crippen LogP contribution in [-0.2, 0) is 4.79 Å². The van der Waals surface area contributed by atoms with Crippen molar-refractivity contribution in [1.29, 1.82) is 0 Å². The van der Waals surface area contributed by atoms with Gasteiger partial charge >= 0.3 is 0 Å². The lowest BCUT2D eigenvalue weighted by Gasteiger charge is -2.30. The quantitative estimate of drug-likeness (QED) is 0.508. The SMILES string of the molecule is COc1cc(C(=O)NC(C)C2CCNCC2)ccc1Nc1ncc2c(n1)N(C1CCCC1)CCC(=O)N2C. The van der Waals surface area contributed by atoms with Gasteiger partial charge in [0.1, 0.15) is 11.4 Å². The largest absolute Gasteiger partial charge is 0.495 e. The van der Waals surface area contributed by atoms with E-state index in [1.54, 1.807) is 37.4 Å². The molecule has 38 heavy (non-hydrogen) atoms. The molecule has 3 heterocycles. The maximum absolute atomic E-state index is 13.0. The van der Waals surface area contributed by atoms with Gasteiger partial charge in [-0.3, -0.25) is 9.59 Å². The molecule has 5 rings (SSSR count). The average Bonchev–Trinajstić information content (AvgIpc) is 3.44. The van der Waals surface area contributed by atoms with Crippen LogP contribution in [0.5, 0.6) is 5.75 Å². The van der Waals surface area contributed by atoms with Gasteiger partial charge in [0.05, 0.1) is 19.0 Å². The lowest BCUT2D eigenvalue weighted by Crippen LogP contribution is -2.42. The second kappa shape index (κ2) is 11.6. The first-order valence-electron chi connectivity index (χ1n) is 13.8. The molecule has 1 saturated carbocycles. The number of amides is 2. The van der Waals surface area contributed by atoms with Crippen LogP contribution in [0.2, 0.25) is 0 Å². The maximum atomic E-state index is 13.0. The first-order valence-corrected chi connectivity index (χ1v) is 13.8. The van der Waals surface area contributed by atoms with Crippen molar-refractivity contribution in [3.8, 4) is 5.75 Å². The molecule has 1 unspecified atom stereocenters. The van der Waals surface area contributed by atoms with Gasteiger partial charge in [-0.25, -0.2) is 4.98 Å². The van der Waals surface area contributed by atoms with E-state index in [0.717, 1.165) is 50.3 Å². The molecular formula is C28H39N7O3. The molecule has 10 nitrogen and oxygen atoms in total. The Hall–Kier alpha value is -3.40. The first-order chi connectivity index (χ1) is 18.4. The van der Waals surface area contributed by atoms with Crippen molar-refractivity contribution >= 4 is 35.0 Å². The van der Waals surface area contributed by atoms with Crippen LogP contribution in [0.3, 0.4) is 0 Å². The van der Waals surface area contributed by atoms with E-state index in [0.29, 0.717) is 47.9 Å². The van der Waals surface area contributed by atoms with E-state index in [1.807, 2.05) is 6.07 Å². The molecule has 1 saturated heterocycles. The summed E-state index contributed by atoms with van der Waals surface area (Å²) in [5.74, 6) is 2.18. The molecule has 3 N–H and O–H groups in total. The topological polar surface area (TPSA) is 112 Å². The Kier molecular flexibility index (Phi) is 7.97. The van der Waals surface area contributed by atoms with Crippen LogP contribution in [0.4, 0.5) is 23.1 Å². The Morgan fingerprint density at radius 1 is 1.18 bits per heavy atom. The van der Waals surface area contributed by atoms with Crippen LogP contribution in [0.1, 0.15) is 62.2 Å². The summed E-state index contributed by atoms with van der Waals surface area (Å²) in [5, 5.41) is 9.80. The summed E-state index contributed by atoms with van der Waals surface area (Å²) in [4.78, 5) is 38.9. The third-order valence-corrected chi connectivity index (χ3v) is 8.25. The van der Waals surface area contributed by atoms with Crippen molar-refractivity contribution in [2.75, 3.05) is 48.9 Å². The zero-order valence-electron chi connectivity index (χ0n) is 22.6. The molecule has 2 aliphatic heterocycles. The van der Waals surface area contributed by atoms with E-state index in [1.165, 1.54) is 12.8 Å². The van der Waals surface area contributed by atoms with Gasteiger partial charge in [0.15, 0.2) is 5.82 Å². The number of nitrogens with one attached hydrogen (secondary N) is 3. The lowest BCUT2D eigenvalue weighted by molar-refractivity contribution is -0.118. The molecule has 1 aliphatic carbocycles. The van der Waals surface area contributed by atoms with Gasteiger partial charge in [0, 0.05) is 37.7 Å². The molecule has 204 valence electrons. The van der Waals surface area contributed by atoms with Crippen LogP contribution in [0.25, 0.3) is 0 Å². The third-order valence-electron chi connectivity index (χ3n) is 8.25. The average molecular weight is 522 g/mol. The number of carbonyl (C=O) groups excluding carboxylic acids is 2. The zero-order valence-corrected chi connectivity index (χ0v) is 22.6. The van der Waals surface area contributed by atoms with Gasteiger partial charge in [0.2, 0.25) is 11.9 Å². The number of methoxy groups -OCH3 is 1. The molecule has 0 spiro atoms. The predicted molar refractivity (Wildman–Crippen MR) is 148 cm³/mol. The van der Waals surface area contributed by atoms with E-state index in [2.05, 4.69) is 32.8 Å². The van der Waals surface area contributed by atoms with E-state index < -0.39 is 0 Å². The van der Waals surface area contributed by atoms with E-state index >= 15 is 0 Å². The minimum absolute atomic E-state index is 0.0704. The number of ether oxygens (including phenoxy) is 1. The van der Waals surface area contributed by atoms with Crippen molar-refractivity contribution in [1.82, 2.24) is 20.6 Å². The lowest BCUT2D eigenvalue weighted by atomic mass is 9.91. The summed E-state index contributed by atoms with van der Waals surface area (Å²) < 4.78 is 5.63. The summed E-state index contributed by atoms with van der Waals surface area (Å²) in [7, 11) is 3.37. The number of hydrogen-bond donors (Lipinski definition) is 3. The van der Waals surface area contributed by atoms with E-state index in [-0.39, 0.29) is 17.9 Å². The van der Waals surface area contributed by atoms with E-state index in [9.17, 15) is 9.59 Å². The number of hydrogen-bond acceptors (Lipinski definition) is 8. The molecule has 2 aromatic rings. The summed E-state index contributed by atoms with van der Waals surface area (Å²) >= 11 is 0. The summed E-state index contributed by atoms with van der Waals surface area (Å²) in [5.41, 5.74) is 1.94. The highest BCUT2D eigenvalue weighted by Gasteiger charge is 2.32. The van der Waals surface area contributed by atoms with Crippen molar-refractivity contribution in [3.63, 3.8) is 0 Å². The second-order valence-corrected chi connectivity index (χ2v) is 10.6. The van der Waals surface area contributed by atoms with Crippen LogP contribution < -0.4 is 30.5 Å². The molecule has 1 aromatic heterocycles. The normalized spacial score (nSPS) is 19.6. The third kappa shape index (κ3) is 5.55. The Balaban J connectivity index is 1.35. The van der Waals surface area contributed by atoms with Gasteiger partial charge < -0.3 is 30.5 Å². The number of aromatic nitrogens is 2. The second-order valence-electron chi connectivity index (χ2n) is 10.6. The van der Waals surface area contributed by atoms with Gasteiger partial charge in [-0.05, 0) is 69.8 Å². The fourth-order valence-corrected chi connectivity index (χ4v) is 5.88. The van der Waals surface area contributed by atoms with Gasteiger partial charge in [-0.15, -0.1) is 0 Å². The van der Waals surface area contributed by atoms with Gasteiger partial charge in [0.25, 0.3) is 5.91 Å². The monoisotopic (exact) mass is 521 g/mol. The standard InChI is InChI=1S/C28H39N7O3/c1-18(19-10-13-29-14-11-19)31-27(37)20-8-9-22(24(16-20)38-3)32-28-30-17-23-26(33-28)35(21-6-4-5-7-21)15-12-25(36)34(23)2/h8-9,16-19,21,29H,4-7,10-15H2,1-3H3,(H,31,37)(H,30,32,33). The summed E-state index contributed by atoms with van der Waals surface area (Å²) in [6.45, 7) is 4.72. The highest BCUT2D eigenvalue weighted by Crippen LogP contribution is 2.37. The first kappa shape index (κ1) is 26.2. The van der Waals surface area contributed by atoms with Crippen molar-refractivity contribution in [2.45, 2.75) is 64.0 Å². The van der Waals surface area contributed by atoms with Crippen molar-refractivity contribution in [2.24, 2.45) is 5.92 Å². The molecule has 1 atom stereocenters. The minimum atomic E-state index is -0.109. The minimum Gasteiger partial charge on any atom is -0.495 e. The molecule has 0 radical (unpaired) electrons.